The largest absolute Gasteiger partial charge is 0.378 e. The lowest BCUT2D eigenvalue weighted by Gasteiger charge is -2.46. The average molecular weight is 515 g/mol. The van der Waals surface area contributed by atoms with E-state index >= 15 is 0 Å². The van der Waals surface area contributed by atoms with E-state index in [2.05, 4.69) is 92.2 Å². The topological polar surface area (TPSA) is 75.6 Å². The van der Waals surface area contributed by atoms with Crippen molar-refractivity contribution >= 4 is 29.0 Å². The lowest BCUT2D eigenvalue weighted by molar-refractivity contribution is -0.0893. The monoisotopic (exact) mass is 514 g/mol. The highest BCUT2D eigenvalue weighted by Gasteiger charge is 2.55. The van der Waals surface area contributed by atoms with Gasteiger partial charge in [0.15, 0.2) is 0 Å². The Morgan fingerprint density at radius 1 is 1.00 bits per heavy atom. The summed E-state index contributed by atoms with van der Waals surface area (Å²) < 4.78 is 11.8. The number of fused-ring (bicyclic) bond motifs is 3. The van der Waals surface area contributed by atoms with Crippen LogP contribution in [0.5, 0.6) is 0 Å². The Bertz CT molecular complexity index is 1300. The molecule has 6 rings (SSSR count). The summed E-state index contributed by atoms with van der Waals surface area (Å²) >= 11 is 0. The van der Waals surface area contributed by atoms with E-state index in [0.29, 0.717) is 18.5 Å². The predicted octanol–water partition coefficient (Wildman–Crippen LogP) is 5.55. The third-order valence-corrected chi connectivity index (χ3v) is 8.20. The van der Waals surface area contributed by atoms with E-state index in [1.54, 1.807) is 0 Å². The van der Waals surface area contributed by atoms with Crippen LogP contribution in [0.4, 0.5) is 29.0 Å². The SMILES string of the molecule is CC(C)c1cccc(N2c3nc(Nc4ccc(N5CCOCC5)cc4)ncc3[C@@]3(C)COC(C)(C)C[C@@H]23)n1. The number of nitrogens with one attached hydrogen (secondary N) is 1. The predicted molar refractivity (Wildman–Crippen MR) is 151 cm³/mol. The van der Waals surface area contributed by atoms with Crippen molar-refractivity contribution in [3.63, 3.8) is 0 Å². The molecule has 200 valence electrons. The minimum Gasteiger partial charge on any atom is -0.378 e. The Labute approximate surface area is 225 Å². The summed E-state index contributed by atoms with van der Waals surface area (Å²) in [5.41, 5.74) is 3.91. The quantitative estimate of drug-likeness (QED) is 0.475. The summed E-state index contributed by atoms with van der Waals surface area (Å²) in [6, 6.07) is 14.9. The molecule has 0 bridgehead atoms. The van der Waals surface area contributed by atoms with Gasteiger partial charge in [-0.25, -0.2) is 9.97 Å². The molecule has 0 saturated carbocycles. The lowest BCUT2D eigenvalue weighted by atomic mass is 9.73. The number of hydrogen-bond donors (Lipinski definition) is 1. The third-order valence-electron chi connectivity index (χ3n) is 8.20. The van der Waals surface area contributed by atoms with Gasteiger partial charge in [0.2, 0.25) is 5.95 Å². The second-order valence-corrected chi connectivity index (χ2v) is 11.8. The lowest BCUT2D eigenvalue weighted by Crippen LogP contribution is -2.54. The number of morpholine rings is 1. The number of ether oxygens (including phenoxy) is 2. The van der Waals surface area contributed by atoms with Crippen molar-refractivity contribution in [1.29, 1.82) is 0 Å². The van der Waals surface area contributed by atoms with Crippen LogP contribution in [0.2, 0.25) is 0 Å². The molecule has 1 N–H and O–H groups in total. The van der Waals surface area contributed by atoms with E-state index in [4.69, 9.17) is 24.4 Å². The van der Waals surface area contributed by atoms with Crippen molar-refractivity contribution in [2.45, 2.75) is 64.0 Å². The molecule has 2 fully saturated rings. The van der Waals surface area contributed by atoms with E-state index < -0.39 is 0 Å². The third kappa shape index (κ3) is 4.50. The van der Waals surface area contributed by atoms with E-state index in [1.807, 2.05) is 6.20 Å². The normalized spacial score (nSPS) is 24.3. The summed E-state index contributed by atoms with van der Waals surface area (Å²) in [5, 5.41) is 3.43. The highest BCUT2D eigenvalue weighted by Crippen LogP contribution is 2.53. The van der Waals surface area contributed by atoms with Crippen LogP contribution in [-0.4, -0.2) is 59.5 Å². The summed E-state index contributed by atoms with van der Waals surface area (Å²) in [6.45, 7) is 15.0. The smallest absolute Gasteiger partial charge is 0.229 e. The first-order valence-corrected chi connectivity index (χ1v) is 13.7. The maximum Gasteiger partial charge on any atom is 0.229 e. The van der Waals surface area contributed by atoms with Gasteiger partial charge in [-0.2, -0.15) is 4.98 Å². The van der Waals surface area contributed by atoms with Gasteiger partial charge in [-0.1, -0.05) is 26.8 Å². The Hall–Kier alpha value is -3.23. The zero-order valence-electron chi connectivity index (χ0n) is 23.1. The average Bonchev–Trinajstić information content (AvgIpc) is 3.16. The van der Waals surface area contributed by atoms with Crippen LogP contribution in [-0.2, 0) is 14.9 Å². The van der Waals surface area contributed by atoms with Gasteiger partial charge in [0.05, 0.1) is 31.5 Å². The van der Waals surface area contributed by atoms with Gasteiger partial charge in [0, 0.05) is 47.3 Å². The van der Waals surface area contributed by atoms with Crippen molar-refractivity contribution in [3.05, 3.63) is 59.9 Å². The fraction of sp³-hybridized carbons (Fsp3) is 0.500. The van der Waals surface area contributed by atoms with Gasteiger partial charge in [-0.05, 0) is 62.6 Å². The Kier molecular flexibility index (Phi) is 6.27. The number of benzene rings is 1. The highest BCUT2D eigenvalue weighted by molar-refractivity contribution is 5.71. The first kappa shape index (κ1) is 25.1. The van der Waals surface area contributed by atoms with Gasteiger partial charge >= 0.3 is 0 Å². The van der Waals surface area contributed by atoms with Gasteiger partial charge in [-0.3, -0.25) is 0 Å². The molecule has 1 aromatic carbocycles. The van der Waals surface area contributed by atoms with Gasteiger partial charge < -0.3 is 24.6 Å². The fourth-order valence-electron chi connectivity index (χ4n) is 5.86. The number of pyridine rings is 1. The molecule has 2 atom stereocenters. The second-order valence-electron chi connectivity index (χ2n) is 11.8. The van der Waals surface area contributed by atoms with Crippen molar-refractivity contribution in [3.8, 4) is 0 Å². The zero-order chi connectivity index (χ0) is 26.5. The molecule has 2 aromatic heterocycles. The summed E-state index contributed by atoms with van der Waals surface area (Å²) in [7, 11) is 0. The van der Waals surface area contributed by atoms with Crippen LogP contribution in [0, 0.1) is 0 Å². The van der Waals surface area contributed by atoms with Crippen LogP contribution in [0.15, 0.2) is 48.7 Å². The number of hydrogen-bond acceptors (Lipinski definition) is 8. The van der Waals surface area contributed by atoms with Crippen LogP contribution >= 0.6 is 0 Å². The first-order valence-electron chi connectivity index (χ1n) is 13.7. The fourth-order valence-corrected chi connectivity index (χ4v) is 5.86. The van der Waals surface area contributed by atoms with Crippen molar-refractivity contribution < 1.29 is 9.47 Å². The van der Waals surface area contributed by atoms with Crippen LogP contribution in [0.3, 0.4) is 0 Å². The number of nitrogens with zero attached hydrogens (tertiary/aromatic N) is 5. The Morgan fingerprint density at radius 2 is 1.76 bits per heavy atom. The second kappa shape index (κ2) is 9.50. The molecule has 5 heterocycles. The van der Waals surface area contributed by atoms with E-state index in [0.717, 1.165) is 61.3 Å². The molecule has 0 amide bonds. The number of rotatable bonds is 5. The van der Waals surface area contributed by atoms with Gasteiger partial charge in [0.1, 0.15) is 11.6 Å². The number of aromatic nitrogens is 3. The summed E-state index contributed by atoms with van der Waals surface area (Å²) in [4.78, 5) is 19.6. The van der Waals surface area contributed by atoms with E-state index in [-0.39, 0.29) is 17.1 Å². The van der Waals surface area contributed by atoms with Crippen molar-refractivity contribution in [1.82, 2.24) is 15.0 Å². The van der Waals surface area contributed by atoms with Crippen LogP contribution in [0.25, 0.3) is 0 Å². The Morgan fingerprint density at radius 3 is 2.50 bits per heavy atom. The molecule has 2 saturated heterocycles. The highest BCUT2D eigenvalue weighted by atomic mass is 16.5. The molecule has 38 heavy (non-hydrogen) atoms. The molecule has 3 aromatic rings. The maximum atomic E-state index is 6.34. The Balaban J connectivity index is 1.34. The van der Waals surface area contributed by atoms with Gasteiger partial charge in [-0.15, -0.1) is 0 Å². The molecule has 0 spiro atoms. The standard InChI is InChI=1S/C30H38N6O2/c1-20(2)24-7-6-8-26(33-24)36-25-17-29(3,4)38-19-30(25,5)23-18-31-28(34-27(23)36)32-21-9-11-22(12-10-21)35-13-15-37-16-14-35/h6-12,18,20,25H,13-17,19H2,1-5H3,(H,31,32,34)/t25-,30-/m1/s1. The molecule has 8 heteroatoms. The van der Waals surface area contributed by atoms with E-state index in [1.165, 1.54) is 5.69 Å². The van der Waals surface area contributed by atoms with E-state index in [9.17, 15) is 0 Å². The molecule has 0 radical (unpaired) electrons. The molecule has 0 aliphatic carbocycles. The first-order chi connectivity index (χ1) is 18.2. The number of anilines is 5. The molecule has 3 aliphatic heterocycles. The van der Waals surface area contributed by atoms with Crippen molar-refractivity contribution in [2.24, 2.45) is 0 Å². The minimum absolute atomic E-state index is 0.175. The van der Waals surface area contributed by atoms with Crippen molar-refractivity contribution in [2.75, 3.05) is 48.0 Å². The van der Waals surface area contributed by atoms with Crippen LogP contribution in [0.1, 0.15) is 58.2 Å². The zero-order valence-corrected chi connectivity index (χ0v) is 23.1. The molecular formula is C30H38N6O2. The van der Waals surface area contributed by atoms with Crippen LogP contribution < -0.4 is 15.1 Å². The molecule has 3 aliphatic rings. The maximum absolute atomic E-state index is 6.34. The molecule has 0 unspecified atom stereocenters. The summed E-state index contributed by atoms with van der Waals surface area (Å²) in [6.07, 6.45) is 2.85. The minimum atomic E-state index is -0.225. The summed E-state index contributed by atoms with van der Waals surface area (Å²) in [5.74, 6) is 2.77. The molecule has 8 nitrogen and oxygen atoms in total. The van der Waals surface area contributed by atoms with Gasteiger partial charge in [0.25, 0.3) is 0 Å². The molecular weight excluding hydrogens is 476 g/mol.